The largest absolute Gasteiger partial charge is 0.489 e. The van der Waals surface area contributed by atoms with Gasteiger partial charge in [0.05, 0.1) is 6.54 Å². The highest BCUT2D eigenvalue weighted by Gasteiger charge is 2.32. The lowest BCUT2D eigenvalue weighted by Gasteiger charge is -2.37. The van der Waals surface area contributed by atoms with Crippen LogP contribution in [0.4, 0.5) is 5.69 Å². The number of carbonyl (C=O) groups excluding carboxylic acids is 2. The van der Waals surface area contributed by atoms with Crippen LogP contribution in [-0.4, -0.2) is 75.7 Å². The van der Waals surface area contributed by atoms with E-state index < -0.39 is 0 Å². The van der Waals surface area contributed by atoms with Gasteiger partial charge in [-0.1, -0.05) is 12.2 Å². The third kappa shape index (κ3) is 6.55. The predicted octanol–water partition coefficient (Wildman–Crippen LogP) is 1.52. The van der Waals surface area contributed by atoms with E-state index in [1.165, 1.54) is 18.5 Å². The zero-order chi connectivity index (χ0) is 24.0. The molecule has 8 heteroatoms. The first-order valence-electron chi connectivity index (χ1n) is 13.3. The van der Waals surface area contributed by atoms with Crippen molar-refractivity contribution in [1.82, 2.24) is 20.9 Å². The average Bonchev–Trinajstić information content (AvgIpc) is 3.71. The molecular formula is C27H39N5O3. The Balaban J connectivity index is 1.26. The van der Waals surface area contributed by atoms with Crippen LogP contribution in [0.25, 0.3) is 0 Å². The number of hydrogen-bond donors (Lipinski definition) is 3. The number of fused-ring (bicyclic) bond motifs is 3. The maximum atomic E-state index is 13.0. The van der Waals surface area contributed by atoms with Crippen LogP contribution >= 0.6 is 0 Å². The molecule has 3 N–H and O–H groups in total. The topological polar surface area (TPSA) is 85.9 Å². The number of hydrogen-bond acceptors (Lipinski definition) is 6. The summed E-state index contributed by atoms with van der Waals surface area (Å²) in [6.45, 7) is 7.53. The molecule has 35 heavy (non-hydrogen) atoms. The highest BCUT2D eigenvalue weighted by Crippen LogP contribution is 2.30. The van der Waals surface area contributed by atoms with Gasteiger partial charge < -0.3 is 30.5 Å². The number of piperazine rings is 1. The van der Waals surface area contributed by atoms with Gasteiger partial charge in [-0.2, -0.15) is 0 Å². The van der Waals surface area contributed by atoms with E-state index in [-0.39, 0.29) is 23.7 Å². The Labute approximate surface area is 208 Å². The molecule has 2 atom stereocenters. The van der Waals surface area contributed by atoms with Crippen LogP contribution in [0.15, 0.2) is 30.4 Å². The minimum atomic E-state index is 0.125. The quantitative estimate of drug-likeness (QED) is 0.553. The Morgan fingerprint density at radius 1 is 1.06 bits per heavy atom. The van der Waals surface area contributed by atoms with Crippen LogP contribution in [0.3, 0.4) is 0 Å². The maximum absolute atomic E-state index is 13.0. The second kappa shape index (κ2) is 11.4. The molecule has 1 aromatic carbocycles. The summed E-state index contributed by atoms with van der Waals surface area (Å²) in [4.78, 5) is 29.8. The normalized spacial score (nSPS) is 26.5. The lowest BCUT2D eigenvalue weighted by molar-refractivity contribution is -0.132. The lowest BCUT2D eigenvalue weighted by Crippen LogP contribution is -2.47. The molecular weight excluding hydrogens is 442 g/mol. The first-order chi connectivity index (χ1) is 17.2. The molecule has 4 aliphatic rings. The number of nitrogens with zero attached hydrogens (tertiary/aromatic N) is 2. The van der Waals surface area contributed by atoms with Crippen molar-refractivity contribution in [2.24, 2.45) is 17.8 Å². The molecule has 0 radical (unpaired) electrons. The summed E-state index contributed by atoms with van der Waals surface area (Å²) in [5.74, 6) is 2.22. The lowest BCUT2D eigenvalue weighted by atomic mass is 9.82. The van der Waals surface area contributed by atoms with Crippen LogP contribution in [0.1, 0.15) is 31.2 Å². The number of nitrogens with one attached hydrogen (secondary N) is 3. The number of benzene rings is 1. The van der Waals surface area contributed by atoms with Crippen molar-refractivity contribution in [1.29, 1.82) is 0 Å². The van der Waals surface area contributed by atoms with Crippen LogP contribution in [0.5, 0.6) is 5.75 Å². The Hall–Kier alpha value is -2.58. The van der Waals surface area contributed by atoms with E-state index in [4.69, 9.17) is 4.74 Å². The van der Waals surface area contributed by atoms with E-state index in [0.717, 1.165) is 50.5 Å². The number of piperidine rings is 1. The van der Waals surface area contributed by atoms with Gasteiger partial charge in [-0.25, -0.2) is 0 Å². The molecule has 2 saturated heterocycles. The van der Waals surface area contributed by atoms with E-state index in [1.807, 2.05) is 4.90 Å². The van der Waals surface area contributed by atoms with Gasteiger partial charge in [-0.15, -0.1) is 0 Å². The summed E-state index contributed by atoms with van der Waals surface area (Å²) >= 11 is 0. The molecule has 1 saturated carbocycles. The van der Waals surface area contributed by atoms with E-state index >= 15 is 0 Å². The Morgan fingerprint density at radius 2 is 1.91 bits per heavy atom. The van der Waals surface area contributed by atoms with E-state index in [2.05, 4.69) is 51.2 Å². The SMILES string of the molecule is O=C(C[C@@H]1CCN2C[C@@H]1/C=C/COc1ccc(N3CCNCC3)cc1CNCC2=O)NCC1CC1. The Kier molecular flexibility index (Phi) is 7.88. The van der Waals surface area contributed by atoms with Gasteiger partial charge in [0.2, 0.25) is 11.8 Å². The zero-order valence-electron chi connectivity index (χ0n) is 20.6. The molecule has 2 bridgehead atoms. The Morgan fingerprint density at radius 3 is 2.74 bits per heavy atom. The third-order valence-corrected chi connectivity index (χ3v) is 7.73. The number of amides is 2. The number of ether oxygens (including phenoxy) is 1. The predicted molar refractivity (Wildman–Crippen MR) is 136 cm³/mol. The van der Waals surface area contributed by atoms with Crippen molar-refractivity contribution >= 4 is 17.5 Å². The highest BCUT2D eigenvalue weighted by molar-refractivity contribution is 5.79. The van der Waals surface area contributed by atoms with Crippen molar-refractivity contribution in [2.45, 2.75) is 32.2 Å². The zero-order valence-corrected chi connectivity index (χ0v) is 20.6. The second-order valence-electron chi connectivity index (χ2n) is 10.4. The standard InChI is InChI=1S/C27H39N5O3/c33-26(30-16-20-3-4-20)15-21-7-10-32-19-22(21)2-1-13-35-25-6-5-24(31-11-8-28-9-12-31)14-23(25)17-29-18-27(32)34/h1-2,5-6,14,20-22,28-29H,3-4,7-13,15-19H2,(H,30,33)/b2-1+/t21-,22-/m0/s1. The minimum Gasteiger partial charge on any atom is -0.489 e. The molecule has 1 aromatic rings. The molecule has 3 aliphatic heterocycles. The fraction of sp³-hybridized carbons (Fsp3) is 0.630. The number of anilines is 1. The molecule has 0 spiro atoms. The van der Waals surface area contributed by atoms with Crippen molar-refractivity contribution in [3.05, 3.63) is 35.9 Å². The van der Waals surface area contributed by atoms with Crippen LogP contribution in [0.2, 0.25) is 0 Å². The van der Waals surface area contributed by atoms with Gasteiger partial charge in [0.25, 0.3) is 0 Å². The molecule has 0 unspecified atom stereocenters. The maximum Gasteiger partial charge on any atom is 0.236 e. The van der Waals surface area contributed by atoms with Gasteiger partial charge in [0.15, 0.2) is 0 Å². The van der Waals surface area contributed by atoms with Gasteiger partial charge in [-0.3, -0.25) is 9.59 Å². The highest BCUT2D eigenvalue weighted by atomic mass is 16.5. The van der Waals surface area contributed by atoms with Crippen LogP contribution < -0.4 is 25.6 Å². The summed E-state index contributed by atoms with van der Waals surface area (Å²) in [6, 6.07) is 6.38. The van der Waals surface area contributed by atoms with Crippen LogP contribution in [-0.2, 0) is 16.1 Å². The second-order valence-corrected chi connectivity index (χ2v) is 10.4. The van der Waals surface area contributed by atoms with Gasteiger partial charge in [0, 0.05) is 70.0 Å². The molecule has 1 aliphatic carbocycles. The fourth-order valence-corrected chi connectivity index (χ4v) is 5.37. The molecule has 5 rings (SSSR count). The van der Waals surface area contributed by atoms with Crippen molar-refractivity contribution < 1.29 is 14.3 Å². The molecule has 8 nitrogen and oxygen atoms in total. The molecule has 2 amide bonds. The van der Waals surface area contributed by atoms with Crippen molar-refractivity contribution in [3.63, 3.8) is 0 Å². The third-order valence-electron chi connectivity index (χ3n) is 7.73. The summed E-state index contributed by atoms with van der Waals surface area (Å²) in [5, 5.41) is 9.86. The van der Waals surface area contributed by atoms with E-state index in [9.17, 15) is 9.59 Å². The molecule has 0 aromatic heterocycles. The molecule has 190 valence electrons. The summed E-state index contributed by atoms with van der Waals surface area (Å²) in [7, 11) is 0. The van der Waals surface area contributed by atoms with Gasteiger partial charge >= 0.3 is 0 Å². The first-order valence-corrected chi connectivity index (χ1v) is 13.3. The van der Waals surface area contributed by atoms with Gasteiger partial charge in [0.1, 0.15) is 12.4 Å². The van der Waals surface area contributed by atoms with Crippen molar-refractivity contribution in [2.75, 3.05) is 63.9 Å². The summed E-state index contributed by atoms with van der Waals surface area (Å²) < 4.78 is 6.16. The molecule has 3 heterocycles. The number of rotatable bonds is 5. The average molecular weight is 482 g/mol. The summed E-state index contributed by atoms with van der Waals surface area (Å²) in [5.41, 5.74) is 2.27. The van der Waals surface area contributed by atoms with Crippen LogP contribution in [0, 0.1) is 17.8 Å². The number of carbonyl (C=O) groups is 2. The Bertz CT molecular complexity index is 925. The van der Waals surface area contributed by atoms with Gasteiger partial charge in [-0.05, 0) is 55.2 Å². The summed E-state index contributed by atoms with van der Waals surface area (Å²) in [6.07, 6.45) is 8.08. The monoisotopic (exact) mass is 481 g/mol. The van der Waals surface area contributed by atoms with Crippen molar-refractivity contribution in [3.8, 4) is 5.75 Å². The van der Waals surface area contributed by atoms with E-state index in [0.29, 0.717) is 45.1 Å². The minimum absolute atomic E-state index is 0.125. The molecule has 3 fully saturated rings. The van der Waals surface area contributed by atoms with E-state index in [1.54, 1.807) is 0 Å². The first kappa shape index (κ1) is 24.1. The fourth-order valence-electron chi connectivity index (χ4n) is 5.37. The smallest absolute Gasteiger partial charge is 0.236 e.